The van der Waals surface area contributed by atoms with E-state index >= 15 is 0 Å². The van der Waals surface area contributed by atoms with Crippen LogP contribution >= 0.6 is 0 Å². The predicted octanol–water partition coefficient (Wildman–Crippen LogP) is 0.234. The van der Waals surface area contributed by atoms with E-state index in [2.05, 4.69) is 19.6 Å². The summed E-state index contributed by atoms with van der Waals surface area (Å²) in [5.41, 5.74) is 0. The minimum Gasteiger partial charge on any atom is -0.343 e. The summed E-state index contributed by atoms with van der Waals surface area (Å²) in [7, 11) is 0. The predicted molar refractivity (Wildman–Crippen MR) is 43.8 cm³/mol. The number of carbonyl (C=O) groups is 1. The molecular formula is C8H11N3O2. The Kier molecular flexibility index (Phi) is 2.35. The highest BCUT2D eigenvalue weighted by molar-refractivity contribution is 5.79. The third-order valence-corrected chi connectivity index (χ3v) is 2.19. The zero-order valence-electron chi connectivity index (χ0n) is 7.27. The largest absolute Gasteiger partial charge is 0.343 e. The fourth-order valence-electron chi connectivity index (χ4n) is 1.42. The number of hydrogen-bond donors (Lipinski definition) is 0. The SMILES string of the molecule is O=C1CCN(Cc2ncon2)CC1. The van der Waals surface area contributed by atoms with Crippen LogP contribution in [0.4, 0.5) is 0 Å². The van der Waals surface area contributed by atoms with Crippen LogP contribution in [0.2, 0.25) is 0 Å². The molecule has 0 amide bonds. The normalized spacial score (nSPS) is 19.2. The highest BCUT2D eigenvalue weighted by Gasteiger charge is 2.17. The number of Topliss-reactive ketones (excluding diaryl/α,β-unsaturated/α-hetero) is 1. The van der Waals surface area contributed by atoms with Crippen molar-refractivity contribution in [2.24, 2.45) is 0 Å². The van der Waals surface area contributed by atoms with Crippen LogP contribution in [0.3, 0.4) is 0 Å². The maximum absolute atomic E-state index is 10.9. The van der Waals surface area contributed by atoms with Gasteiger partial charge in [0.25, 0.3) is 0 Å². The van der Waals surface area contributed by atoms with Gasteiger partial charge in [-0.25, -0.2) is 0 Å². The third-order valence-electron chi connectivity index (χ3n) is 2.19. The molecule has 1 aliphatic rings. The number of ketones is 1. The van der Waals surface area contributed by atoms with Crippen LogP contribution in [0.5, 0.6) is 0 Å². The molecule has 5 heteroatoms. The lowest BCUT2D eigenvalue weighted by Gasteiger charge is -2.23. The monoisotopic (exact) mass is 181 g/mol. The lowest BCUT2D eigenvalue weighted by atomic mass is 10.1. The number of piperidine rings is 1. The summed E-state index contributed by atoms with van der Waals surface area (Å²) in [5.74, 6) is 1.04. The van der Waals surface area contributed by atoms with Crippen molar-refractivity contribution in [3.05, 3.63) is 12.2 Å². The van der Waals surface area contributed by atoms with Crippen molar-refractivity contribution in [1.29, 1.82) is 0 Å². The van der Waals surface area contributed by atoms with Crippen molar-refractivity contribution in [1.82, 2.24) is 15.0 Å². The molecule has 1 aromatic rings. The summed E-state index contributed by atoms with van der Waals surface area (Å²) in [6.45, 7) is 2.31. The standard InChI is InChI=1S/C8H11N3O2/c12-7-1-3-11(4-2-7)5-8-9-6-13-10-8/h6H,1-5H2. The van der Waals surface area contributed by atoms with Gasteiger partial charge in [0.15, 0.2) is 5.82 Å². The van der Waals surface area contributed by atoms with E-state index < -0.39 is 0 Å². The highest BCUT2D eigenvalue weighted by atomic mass is 16.5. The Labute approximate surface area is 75.7 Å². The van der Waals surface area contributed by atoms with Crippen molar-refractivity contribution in [3.8, 4) is 0 Å². The third kappa shape index (κ3) is 2.12. The molecular weight excluding hydrogens is 170 g/mol. The Morgan fingerprint density at radius 2 is 2.23 bits per heavy atom. The van der Waals surface area contributed by atoms with Gasteiger partial charge in [0, 0.05) is 25.9 Å². The molecule has 0 bridgehead atoms. The zero-order chi connectivity index (χ0) is 9.10. The Morgan fingerprint density at radius 3 is 2.85 bits per heavy atom. The van der Waals surface area contributed by atoms with Crippen LogP contribution in [0.25, 0.3) is 0 Å². The van der Waals surface area contributed by atoms with Crippen LogP contribution in [0, 0.1) is 0 Å². The number of likely N-dealkylation sites (tertiary alicyclic amines) is 1. The first-order valence-corrected chi connectivity index (χ1v) is 4.34. The second-order valence-corrected chi connectivity index (χ2v) is 3.16. The Hall–Kier alpha value is -1.23. The second kappa shape index (κ2) is 3.66. The Balaban J connectivity index is 1.86. The van der Waals surface area contributed by atoms with Crippen LogP contribution in [-0.4, -0.2) is 33.9 Å². The van der Waals surface area contributed by atoms with Crippen molar-refractivity contribution in [3.63, 3.8) is 0 Å². The molecule has 1 aromatic heterocycles. The van der Waals surface area contributed by atoms with Gasteiger partial charge in [0.1, 0.15) is 5.78 Å². The van der Waals surface area contributed by atoms with Crippen molar-refractivity contribution in [2.45, 2.75) is 19.4 Å². The van der Waals surface area contributed by atoms with Gasteiger partial charge in [-0.05, 0) is 0 Å². The Bertz CT molecular complexity index is 274. The van der Waals surface area contributed by atoms with E-state index in [1.807, 2.05) is 0 Å². The van der Waals surface area contributed by atoms with Gasteiger partial charge in [0.2, 0.25) is 6.39 Å². The minimum absolute atomic E-state index is 0.351. The topological polar surface area (TPSA) is 59.2 Å². The van der Waals surface area contributed by atoms with E-state index in [1.165, 1.54) is 6.39 Å². The molecule has 2 rings (SSSR count). The van der Waals surface area contributed by atoms with Crippen LogP contribution < -0.4 is 0 Å². The van der Waals surface area contributed by atoms with Gasteiger partial charge in [0.05, 0.1) is 6.54 Å². The molecule has 1 fully saturated rings. The number of hydrogen-bond acceptors (Lipinski definition) is 5. The van der Waals surface area contributed by atoms with E-state index in [1.54, 1.807) is 0 Å². The number of aromatic nitrogens is 2. The van der Waals surface area contributed by atoms with Gasteiger partial charge in [-0.2, -0.15) is 4.98 Å². The summed E-state index contributed by atoms with van der Waals surface area (Å²) in [5, 5.41) is 3.72. The highest BCUT2D eigenvalue weighted by Crippen LogP contribution is 2.07. The number of carbonyl (C=O) groups excluding carboxylic acids is 1. The fourth-order valence-corrected chi connectivity index (χ4v) is 1.42. The average Bonchev–Trinajstić information content (AvgIpc) is 2.62. The lowest BCUT2D eigenvalue weighted by Crippen LogP contribution is -2.33. The quantitative estimate of drug-likeness (QED) is 0.653. The smallest absolute Gasteiger partial charge is 0.213 e. The molecule has 13 heavy (non-hydrogen) atoms. The summed E-state index contributed by atoms with van der Waals surface area (Å²) in [4.78, 5) is 17.0. The van der Waals surface area contributed by atoms with Crippen LogP contribution in [0.15, 0.2) is 10.9 Å². The molecule has 0 aromatic carbocycles. The first-order valence-electron chi connectivity index (χ1n) is 4.34. The zero-order valence-corrected chi connectivity index (χ0v) is 7.27. The number of rotatable bonds is 2. The van der Waals surface area contributed by atoms with E-state index in [4.69, 9.17) is 0 Å². The molecule has 0 aliphatic carbocycles. The second-order valence-electron chi connectivity index (χ2n) is 3.16. The molecule has 1 saturated heterocycles. The summed E-state index contributed by atoms with van der Waals surface area (Å²) < 4.78 is 4.62. The number of nitrogens with zero attached hydrogens (tertiary/aromatic N) is 3. The van der Waals surface area contributed by atoms with Gasteiger partial charge in [-0.15, -0.1) is 0 Å². The first kappa shape index (κ1) is 8.37. The van der Waals surface area contributed by atoms with Gasteiger partial charge >= 0.3 is 0 Å². The molecule has 5 nitrogen and oxygen atoms in total. The molecule has 0 radical (unpaired) electrons. The molecule has 0 spiro atoms. The maximum Gasteiger partial charge on any atom is 0.213 e. The van der Waals surface area contributed by atoms with Gasteiger partial charge < -0.3 is 4.52 Å². The molecule has 0 N–H and O–H groups in total. The van der Waals surface area contributed by atoms with Crippen molar-refractivity contribution >= 4 is 5.78 Å². The lowest BCUT2D eigenvalue weighted by molar-refractivity contribution is -0.121. The van der Waals surface area contributed by atoms with Gasteiger partial charge in [-0.3, -0.25) is 9.69 Å². The van der Waals surface area contributed by atoms with E-state index in [0.29, 0.717) is 31.0 Å². The Morgan fingerprint density at radius 1 is 1.46 bits per heavy atom. The minimum atomic E-state index is 0.351. The van der Waals surface area contributed by atoms with Crippen LogP contribution in [0.1, 0.15) is 18.7 Å². The van der Waals surface area contributed by atoms with Crippen LogP contribution in [-0.2, 0) is 11.3 Å². The summed E-state index contributed by atoms with van der Waals surface area (Å²) in [6.07, 6.45) is 2.63. The molecule has 0 atom stereocenters. The van der Waals surface area contributed by atoms with E-state index in [9.17, 15) is 4.79 Å². The van der Waals surface area contributed by atoms with Crippen molar-refractivity contribution in [2.75, 3.05) is 13.1 Å². The molecule has 1 aliphatic heterocycles. The molecule has 70 valence electrons. The van der Waals surface area contributed by atoms with E-state index in [-0.39, 0.29) is 0 Å². The summed E-state index contributed by atoms with van der Waals surface area (Å²) >= 11 is 0. The maximum atomic E-state index is 10.9. The first-order chi connectivity index (χ1) is 6.34. The van der Waals surface area contributed by atoms with E-state index in [0.717, 1.165) is 13.1 Å². The summed E-state index contributed by atoms with van der Waals surface area (Å²) in [6, 6.07) is 0. The van der Waals surface area contributed by atoms with Crippen molar-refractivity contribution < 1.29 is 9.32 Å². The van der Waals surface area contributed by atoms with Gasteiger partial charge in [-0.1, -0.05) is 5.16 Å². The molecule has 0 saturated carbocycles. The fraction of sp³-hybridized carbons (Fsp3) is 0.625. The average molecular weight is 181 g/mol. The molecule has 2 heterocycles. The molecule has 0 unspecified atom stereocenters.